The van der Waals surface area contributed by atoms with Crippen LogP contribution in [0.1, 0.15) is 37.8 Å². The molecule has 0 saturated carbocycles. The van der Waals surface area contributed by atoms with Crippen LogP contribution in [0.25, 0.3) is 0 Å². The van der Waals surface area contributed by atoms with Gasteiger partial charge in [-0.25, -0.2) is 0 Å². The topological polar surface area (TPSA) is 58.2 Å². The molecule has 1 aromatic carbocycles. The van der Waals surface area contributed by atoms with Gasteiger partial charge >= 0.3 is 0 Å². The Balaban J connectivity index is 2.56. The van der Waals surface area contributed by atoms with Crippen molar-refractivity contribution in [1.29, 1.82) is 0 Å². The standard InChI is InChI=1S/C15H22N2O2/c1-5-11(3)16-14(18)9-15(19)17-13-8-6-7-10(2)12(13)4/h6-8,11H,5,9H2,1-4H3,(H,16,18)(H,17,19). The van der Waals surface area contributed by atoms with Crippen molar-refractivity contribution in [2.75, 3.05) is 5.32 Å². The smallest absolute Gasteiger partial charge is 0.233 e. The minimum Gasteiger partial charge on any atom is -0.353 e. The van der Waals surface area contributed by atoms with E-state index in [2.05, 4.69) is 10.6 Å². The van der Waals surface area contributed by atoms with E-state index in [0.717, 1.165) is 23.2 Å². The lowest BCUT2D eigenvalue weighted by Crippen LogP contribution is -2.34. The summed E-state index contributed by atoms with van der Waals surface area (Å²) in [6.45, 7) is 7.84. The number of aryl methyl sites for hydroxylation is 1. The number of carbonyl (C=O) groups excluding carboxylic acids is 2. The van der Waals surface area contributed by atoms with Crippen molar-refractivity contribution in [3.05, 3.63) is 29.3 Å². The molecule has 0 aliphatic heterocycles. The average molecular weight is 262 g/mol. The van der Waals surface area contributed by atoms with Crippen LogP contribution in [0.4, 0.5) is 5.69 Å². The quantitative estimate of drug-likeness (QED) is 0.801. The van der Waals surface area contributed by atoms with Crippen LogP contribution in [0.2, 0.25) is 0 Å². The summed E-state index contributed by atoms with van der Waals surface area (Å²) in [5, 5.41) is 5.55. The van der Waals surface area contributed by atoms with Gasteiger partial charge in [-0.2, -0.15) is 0 Å². The van der Waals surface area contributed by atoms with Gasteiger partial charge in [0.2, 0.25) is 11.8 Å². The number of anilines is 1. The Morgan fingerprint density at radius 2 is 1.89 bits per heavy atom. The van der Waals surface area contributed by atoms with Crippen molar-refractivity contribution < 1.29 is 9.59 Å². The van der Waals surface area contributed by atoms with Crippen LogP contribution in [-0.2, 0) is 9.59 Å². The molecule has 0 spiro atoms. The van der Waals surface area contributed by atoms with Gasteiger partial charge in [-0.1, -0.05) is 19.1 Å². The first kappa shape index (κ1) is 15.2. The third-order valence-electron chi connectivity index (χ3n) is 3.22. The summed E-state index contributed by atoms with van der Waals surface area (Å²) in [6.07, 6.45) is 0.710. The molecule has 2 N–H and O–H groups in total. The first-order valence-corrected chi connectivity index (χ1v) is 6.59. The molecule has 1 aromatic rings. The van der Waals surface area contributed by atoms with Crippen LogP contribution in [0.3, 0.4) is 0 Å². The molecule has 0 aliphatic carbocycles. The minimum atomic E-state index is -0.283. The SMILES string of the molecule is CCC(C)NC(=O)CC(=O)Nc1cccc(C)c1C. The van der Waals surface area contributed by atoms with Gasteiger partial charge < -0.3 is 10.6 Å². The molecular weight excluding hydrogens is 240 g/mol. The van der Waals surface area contributed by atoms with Gasteiger partial charge in [-0.15, -0.1) is 0 Å². The molecule has 1 rings (SSSR count). The molecule has 0 aliphatic rings. The van der Waals surface area contributed by atoms with Crippen LogP contribution in [-0.4, -0.2) is 17.9 Å². The Morgan fingerprint density at radius 1 is 1.21 bits per heavy atom. The van der Waals surface area contributed by atoms with Gasteiger partial charge in [0.05, 0.1) is 0 Å². The molecule has 1 atom stereocenters. The fourth-order valence-corrected chi connectivity index (χ4v) is 1.65. The van der Waals surface area contributed by atoms with Crippen LogP contribution in [0.15, 0.2) is 18.2 Å². The third kappa shape index (κ3) is 4.73. The molecule has 0 fully saturated rings. The largest absolute Gasteiger partial charge is 0.353 e. The first-order valence-electron chi connectivity index (χ1n) is 6.59. The molecule has 19 heavy (non-hydrogen) atoms. The molecular formula is C15H22N2O2. The predicted octanol–water partition coefficient (Wildman–Crippen LogP) is 2.55. The van der Waals surface area contributed by atoms with E-state index in [9.17, 15) is 9.59 Å². The number of benzene rings is 1. The highest BCUT2D eigenvalue weighted by atomic mass is 16.2. The Hall–Kier alpha value is -1.84. The highest BCUT2D eigenvalue weighted by molar-refractivity contribution is 6.03. The second-order valence-electron chi connectivity index (χ2n) is 4.85. The van der Waals surface area contributed by atoms with E-state index < -0.39 is 0 Å². The maximum atomic E-state index is 11.8. The molecule has 0 aromatic heterocycles. The third-order valence-corrected chi connectivity index (χ3v) is 3.22. The number of hydrogen-bond donors (Lipinski definition) is 2. The summed E-state index contributed by atoms with van der Waals surface area (Å²) in [5.74, 6) is -0.522. The Bertz CT molecular complexity index is 469. The van der Waals surface area contributed by atoms with Crippen LogP contribution in [0.5, 0.6) is 0 Å². The van der Waals surface area contributed by atoms with Crippen LogP contribution < -0.4 is 10.6 Å². The molecule has 4 nitrogen and oxygen atoms in total. The van der Waals surface area contributed by atoms with E-state index in [-0.39, 0.29) is 24.3 Å². The monoisotopic (exact) mass is 262 g/mol. The lowest BCUT2D eigenvalue weighted by Gasteiger charge is -2.12. The average Bonchev–Trinajstić information content (AvgIpc) is 2.34. The van der Waals surface area contributed by atoms with Gasteiger partial charge in [-0.3, -0.25) is 9.59 Å². The second kappa shape index (κ2) is 6.92. The Morgan fingerprint density at radius 3 is 2.53 bits per heavy atom. The van der Waals surface area contributed by atoms with E-state index in [1.54, 1.807) is 0 Å². The van der Waals surface area contributed by atoms with E-state index in [1.165, 1.54) is 0 Å². The van der Waals surface area contributed by atoms with Gasteiger partial charge in [0.25, 0.3) is 0 Å². The van der Waals surface area contributed by atoms with Crippen molar-refractivity contribution in [3.63, 3.8) is 0 Å². The van der Waals surface area contributed by atoms with Crippen molar-refractivity contribution in [3.8, 4) is 0 Å². The van der Waals surface area contributed by atoms with Crippen LogP contribution >= 0.6 is 0 Å². The molecule has 0 bridgehead atoms. The summed E-state index contributed by atoms with van der Waals surface area (Å²) in [7, 11) is 0. The number of hydrogen-bond acceptors (Lipinski definition) is 2. The van der Waals surface area contributed by atoms with E-state index in [0.29, 0.717) is 0 Å². The molecule has 1 unspecified atom stereocenters. The highest BCUT2D eigenvalue weighted by Gasteiger charge is 2.12. The maximum Gasteiger partial charge on any atom is 0.233 e. The van der Waals surface area contributed by atoms with E-state index in [1.807, 2.05) is 45.9 Å². The van der Waals surface area contributed by atoms with Gasteiger partial charge in [0.1, 0.15) is 6.42 Å². The number of nitrogens with one attached hydrogen (secondary N) is 2. The van der Waals surface area contributed by atoms with Gasteiger partial charge in [-0.05, 0) is 44.4 Å². The van der Waals surface area contributed by atoms with Gasteiger partial charge in [0.15, 0.2) is 0 Å². The first-order chi connectivity index (χ1) is 8.93. The zero-order valence-electron chi connectivity index (χ0n) is 12.0. The van der Waals surface area contributed by atoms with Crippen molar-refractivity contribution in [1.82, 2.24) is 5.32 Å². The summed E-state index contributed by atoms with van der Waals surface area (Å²) >= 11 is 0. The number of amides is 2. The summed E-state index contributed by atoms with van der Waals surface area (Å²) in [6, 6.07) is 5.81. The Labute approximate surface area is 114 Å². The molecule has 2 amide bonds. The highest BCUT2D eigenvalue weighted by Crippen LogP contribution is 2.17. The summed E-state index contributed by atoms with van der Waals surface area (Å²) in [5.41, 5.74) is 2.90. The molecule has 0 heterocycles. The molecule has 0 saturated heterocycles. The fourth-order valence-electron chi connectivity index (χ4n) is 1.65. The fraction of sp³-hybridized carbons (Fsp3) is 0.467. The Kier molecular flexibility index (Phi) is 5.55. The lowest BCUT2D eigenvalue weighted by atomic mass is 10.1. The number of carbonyl (C=O) groups is 2. The summed E-state index contributed by atoms with van der Waals surface area (Å²) in [4.78, 5) is 23.4. The lowest BCUT2D eigenvalue weighted by molar-refractivity contribution is -0.127. The van der Waals surface area contributed by atoms with Crippen molar-refractivity contribution >= 4 is 17.5 Å². The van der Waals surface area contributed by atoms with E-state index in [4.69, 9.17) is 0 Å². The van der Waals surface area contributed by atoms with Crippen LogP contribution in [0, 0.1) is 13.8 Å². The van der Waals surface area contributed by atoms with Crippen molar-refractivity contribution in [2.45, 2.75) is 46.6 Å². The minimum absolute atomic E-state index is 0.0982. The zero-order chi connectivity index (χ0) is 14.4. The second-order valence-corrected chi connectivity index (χ2v) is 4.85. The molecule has 104 valence electrons. The predicted molar refractivity (Wildman–Crippen MR) is 77.1 cm³/mol. The zero-order valence-corrected chi connectivity index (χ0v) is 12.0. The maximum absolute atomic E-state index is 11.8. The molecule has 0 radical (unpaired) electrons. The molecule has 4 heteroatoms. The number of rotatable bonds is 5. The van der Waals surface area contributed by atoms with E-state index >= 15 is 0 Å². The summed E-state index contributed by atoms with van der Waals surface area (Å²) < 4.78 is 0. The van der Waals surface area contributed by atoms with Gasteiger partial charge in [0, 0.05) is 11.7 Å². The van der Waals surface area contributed by atoms with Crippen molar-refractivity contribution in [2.24, 2.45) is 0 Å². The normalized spacial score (nSPS) is 11.8.